The topological polar surface area (TPSA) is 37.8 Å². The molecule has 2 rings (SSSR count). The van der Waals surface area contributed by atoms with Crippen LogP contribution in [-0.4, -0.2) is 17.0 Å². The third-order valence-corrected chi connectivity index (χ3v) is 4.47. The molecule has 0 aliphatic carbocycles. The molecule has 2 aromatic rings. The fourth-order valence-electron chi connectivity index (χ4n) is 1.75. The lowest BCUT2D eigenvalue weighted by Gasteiger charge is -2.14. The maximum Gasteiger partial charge on any atom is 0.0950 e. The number of aryl methyl sites for hydroxylation is 2. The minimum Gasteiger partial charge on any atom is -0.311 e. The Morgan fingerprint density at radius 3 is 2.67 bits per heavy atom. The van der Waals surface area contributed by atoms with Crippen molar-refractivity contribution in [3.05, 3.63) is 44.1 Å². The Kier molecular flexibility index (Phi) is 4.48. The summed E-state index contributed by atoms with van der Waals surface area (Å²) < 4.78 is 1.00. The molecule has 18 heavy (non-hydrogen) atoms. The molecule has 1 atom stereocenters. The van der Waals surface area contributed by atoms with Crippen molar-refractivity contribution in [2.24, 2.45) is 0 Å². The van der Waals surface area contributed by atoms with E-state index in [4.69, 9.17) is 0 Å². The quantitative estimate of drug-likeness (QED) is 0.935. The average molecular weight is 326 g/mol. The van der Waals surface area contributed by atoms with Gasteiger partial charge in [-0.05, 0) is 49.0 Å². The molecule has 96 valence electrons. The van der Waals surface area contributed by atoms with Crippen LogP contribution in [0, 0.1) is 13.8 Å². The predicted molar refractivity (Wildman–Crippen MR) is 79.0 cm³/mol. The van der Waals surface area contributed by atoms with Crippen molar-refractivity contribution in [2.75, 3.05) is 7.05 Å². The number of likely N-dealkylation sites (N-methyl/N-ethyl adjacent to an activating group) is 1. The van der Waals surface area contributed by atoms with E-state index in [1.807, 2.05) is 25.4 Å². The first-order chi connectivity index (χ1) is 8.60. The molecule has 1 N–H and O–H groups in total. The van der Waals surface area contributed by atoms with Crippen LogP contribution in [0.1, 0.15) is 27.3 Å². The highest BCUT2D eigenvalue weighted by atomic mass is 79.9. The lowest BCUT2D eigenvalue weighted by Crippen LogP contribution is -2.19. The Morgan fingerprint density at radius 2 is 2.17 bits per heavy atom. The highest BCUT2D eigenvalue weighted by Crippen LogP contribution is 2.23. The average Bonchev–Trinajstić information content (AvgIpc) is 2.67. The van der Waals surface area contributed by atoms with Crippen molar-refractivity contribution >= 4 is 27.3 Å². The molecule has 0 aliphatic rings. The van der Waals surface area contributed by atoms with E-state index >= 15 is 0 Å². The van der Waals surface area contributed by atoms with Gasteiger partial charge < -0.3 is 5.32 Å². The number of thiazole rings is 1. The van der Waals surface area contributed by atoms with Crippen LogP contribution in [0.5, 0.6) is 0 Å². The molecule has 0 aliphatic heterocycles. The number of rotatable bonds is 4. The van der Waals surface area contributed by atoms with Crippen molar-refractivity contribution < 1.29 is 0 Å². The SMILES string of the molecule is CNC(Cc1nc(C)c(C)s1)c1ccc(Br)cn1. The van der Waals surface area contributed by atoms with Gasteiger partial charge in [0.2, 0.25) is 0 Å². The fourth-order valence-corrected chi connectivity index (χ4v) is 2.96. The summed E-state index contributed by atoms with van der Waals surface area (Å²) >= 11 is 5.17. The molecule has 0 fully saturated rings. The third kappa shape index (κ3) is 3.16. The van der Waals surface area contributed by atoms with E-state index in [0.29, 0.717) is 0 Å². The van der Waals surface area contributed by atoms with Crippen LogP contribution in [0.3, 0.4) is 0 Å². The number of nitrogens with one attached hydrogen (secondary N) is 1. The van der Waals surface area contributed by atoms with E-state index in [0.717, 1.165) is 27.3 Å². The Balaban J connectivity index is 2.16. The second-order valence-corrected chi connectivity index (χ2v) is 6.40. The Labute approximate surface area is 120 Å². The second kappa shape index (κ2) is 5.91. The van der Waals surface area contributed by atoms with Crippen LogP contribution < -0.4 is 5.32 Å². The molecule has 2 aromatic heterocycles. The van der Waals surface area contributed by atoms with Gasteiger partial charge in [-0.1, -0.05) is 0 Å². The van der Waals surface area contributed by atoms with Crippen LogP contribution in [0.2, 0.25) is 0 Å². The number of aromatic nitrogens is 2. The molecule has 0 saturated heterocycles. The Hall–Kier alpha value is -0.780. The lowest BCUT2D eigenvalue weighted by molar-refractivity contribution is 0.574. The van der Waals surface area contributed by atoms with Gasteiger partial charge in [0.1, 0.15) is 0 Å². The molecule has 5 heteroatoms. The smallest absolute Gasteiger partial charge is 0.0950 e. The Bertz CT molecular complexity index is 502. The summed E-state index contributed by atoms with van der Waals surface area (Å²) in [7, 11) is 1.96. The molecular formula is C13H16BrN3S. The molecule has 2 heterocycles. The molecule has 0 saturated carbocycles. The normalized spacial score (nSPS) is 12.7. The van der Waals surface area contributed by atoms with Gasteiger partial charge in [0.05, 0.1) is 22.4 Å². The first kappa shape index (κ1) is 13.6. The molecule has 0 radical (unpaired) electrons. The summed E-state index contributed by atoms with van der Waals surface area (Å²) in [5.74, 6) is 0. The summed E-state index contributed by atoms with van der Waals surface area (Å²) in [6, 6.07) is 4.27. The third-order valence-electron chi connectivity index (χ3n) is 2.91. The van der Waals surface area contributed by atoms with Crippen molar-refractivity contribution in [3.8, 4) is 0 Å². The van der Waals surface area contributed by atoms with Crippen molar-refractivity contribution in [3.63, 3.8) is 0 Å². The maximum absolute atomic E-state index is 4.58. The van der Waals surface area contributed by atoms with E-state index in [1.54, 1.807) is 11.3 Å². The first-order valence-corrected chi connectivity index (χ1v) is 7.42. The summed E-state index contributed by atoms with van der Waals surface area (Å²) in [5.41, 5.74) is 2.18. The summed E-state index contributed by atoms with van der Waals surface area (Å²) in [4.78, 5) is 10.3. The van der Waals surface area contributed by atoms with Crippen LogP contribution in [-0.2, 0) is 6.42 Å². The lowest BCUT2D eigenvalue weighted by atomic mass is 10.1. The monoisotopic (exact) mass is 325 g/mol. The minimum atomic E-state index is 0.211. The molecule has 3 nitrogen and oxygen atoms in total. The summed E-state index contributed by atoms with van der Waals surface area (Å²) in [5, 5.41) is 4.47. The first-order valence-electron chi connectivity index (χ1n) is 5.81. The minimum absolute atomic E-state index is 0.211. The van der Waals surface area contributed by atoms with Gasteiger partial charge in [0.15, 0.2) is 0 Å². The van der Waals surface area contributed by atoms with Crippen LogP contribution >= 0.6 is 27.3 Å². The van der Waals surface area contributed by atoms with Gasteiger partial charge in [-0.25, -0.2) is 4.98 Å². The van der Waals surface area contributed by atoms with E-state index in [9.17, 15) is 0 Å². The fraction of sp³-hybridized carbons (Fsp3) is 0.385. The zero-order valence-electron chi connectivity index (χ0n) is 10.7. The molecule has 0 amide bonds. The largest absolute Gasteiger partial charge is 0.311 e. The van der Waals surface area contributed by atoms with Crippen molar-refractivity contribution in [1.82, 2.24) is 15.3 Å². The van der Waals surface area contributed by atoms with Gasteiger partial charge >= 0.3 is 0 Å². The molecule has 0 aromatic carbocycles. The highest BCUT2D eigenvalue weighted by Gasteiger charge is 2.14. The number of hydrogen-bond donors (Lipinski definition) is 1. The summed E-state index contributed by atoms with van der Waals surface area (Å²) in [6.45, 7) is 4.17. The standard InChI is InChI=1S/C13H16BrN3S/c1-8-9(2)18-13(17-8)6-12(15-3)11-5-4-10(14)7-16-11/h4-5,7,12,15H,6H2,1-3H3. The van der Waals surface area contributed by atoms with E-state index in [1.165, 1.54) is 4.88 Å². The van der Waals surface area contributed by atoms with Crippen molar-refractivity contribution in [2.45, 2.75) is 26.3 Å². The number of pyridine rings is 1. The number of nitrogens with zero attached hydrogens (tertiary/aromatic N) is 2. The van der Waals surface area contributed by atoms with E-state index in [2.05, 4.69) is 45.1 Å². The zero-order valence-corrected chi connectivity index (χ0v) is 13.1. The van der Waals surface area contributed by atoms with Gasteiger partial charge in [0.25, 0.3) is 0 Å². The molecular weight excluding hydrogens is 310 g/mol. The van der Waals surface area contributed by atoms with E-state index in [-0.39, 0.29) is 6.04 Å². The molecule has 0 spiro atoms. The van der Waals surface area contributed by atoms with Crippen LogP contribution in [0.15, 0.2) is 22.8 Å². The van der Waals surface area contributed by atoms with Gasteiger partial charge in [-0.15, -0.1) is 11.3 Å². The zero-order chi connectivity index (χ0) is 13.1. The maximum atomic E-state index is 4.58. The van der Waals surface area contributed by atoms with Crippen LogP contribution in [0.25, 0.3) is 0 Å². The summed E-state index contributed by atoms with van der Waals surface area (Å²) in [6.07, 6.45) is 2.71. The van der Waals surface area contributed by atoms with Gasteiger partial charge in [-0.2, -0.15) is 0 Å². The van der Waals surface area contributed by atoms with Gasteiger partial charge in [-0.3, -0.25) is 4.98 Å². The second-order valence-electron chi connectivity index (χ2n) is 4.20. The van der Waals surface area contributed by atoms with Crippen molar-refractivity contribution in [1.29, 1.82) is 0 Å². The Morgan fingerprint density at radius 1 is 1.39 bits per heavy atom. The number of hydrogen-bond acceptors (Lipinski definition) is 4. The predicted octanol–water partition coefficient (Wildman–Crippen LogP) is 3.42. The molecule has 1 unspecified atom stereocenters. The number of halogens is 1. The highest BCUT2D eigenvalue weighted by molar-refractivity contribution is 9.10. The van der Waals surface area contributed by atoms with E-state index < -0.39 is 0 Å². The molecule has 0 bridgehead atoms. The van der Waals surface area contributed by atoms with Gasteiger partial charge in [0, 0.05) is 22.0 Å². The van der Waals surface area contributed by atoms with Crippen LogP contribution in [0.4, 0.5) is 0 Å².